The molecule has 0 bridgehead atoms. The molecule has 1 heterocycles. The molecule has 5 nitrogen and oxygen atoms in total. The van der Waals surface area contributed by atoms with Gasteiger partial charge in [0.15, 0.2) is 5.78 Å². The van der Waals surface area contributed by atoms with Gasteiger partial charge < -0.3 is 5.32 Å². The van der Waals surface area contributed by atoms with Crippen molar-refractivity contribution in [2.45, 2.75) is 31.7 Å². The molecular formula is C21H18F2N2O3. The minimum absolute atomic E-state index is 0.279. The van der Waals surface area contributed by atoms with Gasteiger partial charge in [0.25, 0.3) is 5.91 Å². The van der Waals surface area contributed by atoms with Crippen LogP contribution in [0.25, 0.3) is 0 Å². The molecule has 1 atom stereocenters. The van der Waals surface area contributed by atoms with Crippen LogP contribution in [-0.2, 0) is 23.2 Å². The van der Waals surface area contributed by atoms with Crippen LogP contribution in [0.2, 0.25) is 0 Å². The summed E-state index contributed by atoms with van der Waals surface area (Å²) in [6.45, 7) is 0.834. The van der Waals surface area contributed by atoms with Gasteiger partial charge in [-0.05, 0) is 61.6 Å². The van der Waals surface area contributed by atoms with Crippen molar-refractivity contribution in [1.29, 1.82) is 0 Å². The highest BCUT2D eigenvalue weighted by molar-refractivity contribution is 6.11. The van der Waals surface area contributed by atoms with Crippen molar-refractivity contribution in [3.8, 4) is 0 Å². The number of amides is 3. The first-order chi connectivity index (χ1) is 13.3. The molecule has 4 rings (SSSR count). The number of Topliss-reactive ketones (excluding diaryl/α,β-unsaturated/α-hetero) is 1. The number of hydrogen-bond donors (Lipinski definition) is 1. The molecule has 2 aromatic rings. The van der Waals surface area contributed by atoms with E-state index in [4.69, 9.17) is 0 Å². The van der Waals surface area contributed by atoms with E-state index in [9.17, 15) is 23.2 Å². The van der Waals surface area contributed by atoms with Crippen molar-refractivity contribution in [3.63, 3.8) is 0 Å². The van der Waals surface area contributed by atoms with Gasteiger partial charge in [0, 0.05) is 11.1 Å². The first-order valence-corrected chi connectivity index (χ1v) is 9.04. The number of rotatable bonds is 4. The zero-order chi connectivity index (χ0) is 20.1. The van der Waals surface area contributed by atoms with Gasteiger partial charge in [-0.15, -0.1) is 0 Å². The molecule has 2 aliphatic rings. The van der Waals surface area contributed by atoms with Crippen molar-refractivity contribution in [3.05, 3.63) is 70.3 Å². The average Bonchev–Trinajstić information content (AvgIpc) is 3.22. The van der Waals surface area contributed by atoms with E-state index in [1.807, 2.05) is 6.07 Å². The lowest BCUT2D eigenvalue weighted by Crippen LogP contribution is -2.42. The molecule has 0 spiro atoms. The highest BCUT2D eigenvalue weighted by Crippen LogP contribution is 2.31. The fourth-order valence-electron chi connectivity index (χ4n) is 3.88. The summed E-state index contributed by atoms with van der Waals surface area (Å²) in [6, 6.07) is 7.27. The number of aryl methyl sites for hydroxylation is 2. The van der Waals surface area contributed by atoms with Crippen molar-refractivity contribution in [1.82, 2.24) is 10.2 Å². The van der Waals surface area contributed by atoms with Crippen molar-refractivity contribution < 1.29 is 23.2 Å². The Morgan fingerprint density at radius 3 is 2.64 bits per heavy atom. The standard InChI is InChI=1S/C21H18F2N2O3/c1-21(16-10-15(22)7-8-17(16)23)19(27)25(20(28)24-21)11-18(26)14-6-5-12-3-2-4-13(12)9-14/h5-10H,2-4,11H2,1H3,(H,24,28)/t21-/m1/s1. The minimum Gasteiger partial charge on any atom is -0.319 e. The lowest BCUT2D eigenvalue weighted by molar-refractivity contribution is -0.130. The topological polar surface area (TPSA) is 66.5 Å². The number of benzene rings is 2. The number of urea groups is 1. The summed E-state index contributed by atoms with van der Waals surface area (Å²) in [7, 11) is 0. The molecule has 28 heavy (non-hydrogen) atoms. The SMILES string of the molecule is C[C@]1(c2cc(F)ccc2F)NC(=O)N(CC(=O)c2ccc3c(c2)CCC3)C1=O. The number of carbonyl (C=O) groups excluding carboxylic acids is 3. The second-order valence-corrected chi connectivity index (χ2v) is 7.33. The molecule has 0 aromatic heterocycles. The van der Waals surface area contributed by atoms with E-state index >= 15 is 0 Å². The van der Waals surface area contributed by atoms with Gasteiger partial charge in [0.05, 0.1) is 6.54 Å². The molecule has 2 aromatic carbocycles. The Morgan fingerprint density at radius 1 is 1.11 bits per heavy atom. The Kier molecular flexibility index (Phi) is 4.25. The Bertz CT molecular complexity index is 1020. The number of imide groups is 1. The first kappa shape index (κ1) is 18.3. The monoisotopic (exact) mass is 384 g/mol. The Balaban J connectivity index is 1.59. The summed E-state index contributed by atoms with van der Waals surface area (Å²) in [5, 5.41) is 2.39. The molecular weight excluding hydrogens is 366 g/mol. The smallest absolute Gasteiger partial charge is 0.319 e. The quantitative estimate of drug-likeness (QED) is 0.651. The number of carbonyl (C=O) groups is 3. The van der Waals surface area contributed by atoms with Crippen molar-refractivity contribution >= 4 is 17.7 Å². The van der Waals surface area contributed by atoms with Gasteiger partial charge in [0.1, 0.15) is 17.2 Å². The van der Waals surface area contributed by atoms with E-state index in [2.05, 4.69) is 5.32 Å². The zero-order valence-corrected chi connectivity index (χ0v) is 15.2. The van der Waals surface area contributed by atoms with E-state index in [1.165, 1.54) is 12.5 Å². The molecule has 1 aliphatic heterocycles. The van der Waals surface area contributed by atoms with Crippen LogP contribution >= 0.6 is 0 Å². The molecule has 0 unspecified atom stereocenters. The highest BCUT2D eigenvalue weighted by atomic mass is 19.1. The maximum atomic E-state index is 14.2. The third-order valence-corrected chi connectivity index (χ3v) is 5.46. The van der Waals surface area contributed by atoms with Crippen molar-refractivity contribution in [2.75, 3.05) is 6.54 Å². The van der Waals surface area contributed by atoms with Gasteiger partial charge in [-0.25, -0.2) is 13.6 Å². The molecule has 3 amide bonds. The summed E-state index contributed by atoms with van der Waals surface area (Å²) in [5.74, 6) is -2.73. The maximum absolute atomic E-state index is 14.2. The predicted molar refractivity (Wildman–Crippen MR) is 96.8 cm³/mol. The third kappa shape index (κ3) is 2.87. The molecule has 0 saturated carbocycles. The van der Waals surface area contributed by atoms with Crippen LogP contribution in [-0.4, -0.2) is 29.2 Å². The van der Waals surface area contributed by atoms with Crippen LogP contribution in [0.1, 0.15) is 40.4 Å². The molecule has 1 N–H and O–H groups in total. The summed E-state index contributed by atoms with van der Waals surface area (Å²) in [5.41, 5.74) is 0.683. The highest BCUT2D eigenvalue weighted by Gasteiger charge is 2.50. The van der Waals surface area contributed by atoms with E-state index in [0.29, 0.717) is 5.56 Å². The van der Waals surface area contributed by atoms with E-state index in [1.54, 1.807) is 12.1 Å². The molecule has 0 radical (unpaired) electrons. The Labute approximate surface area is 160 Å². The molecule has 1 saturated heterocycles. The summed E-state index contributed by atoms with van der Waals surface area (Å²) < 4.78 is 27.8. The van der Waals surface area contributed by atoms with Crippen LogP contribution in [0, 0.1) is 11.6 Å². The molecule has 1 fully saturated rings. The summed E-state index contributed by atoms with van der Waals surface area (Å²) >= 11 is 0. The lowest BCUT2D eigenvalue weighted by Gasteiger charge is -2.22. The second-order valence-electron chi connectivity index (χ2n) is 7.33. The minimum atomic E-state index is -1.78. The summed E-state index contributed by atoms with van der Waals surface area (Å²) in [4.78, 5) is 38.6. The summed E-state index contributed by atoms with van der Waals surface area (Å²) in [6.07, 6.45) is 2.92. The normalized spacial score (nSPS) is 21.0. The van der Waals surface area contributed by atoms with Crippen molar-refractivity contribution in [2.24, 2.45) is 0 Å². The Hall–Kier alpha value is -3.09. The third-order valence-electron chi connectivity index (χ3n) is 5.46. The number of nitrogens with zero attached hydrogens (tertiary/aromatic N) is 1. The predicted octanol–water partition coefficient (Wildman–Crippen LogP) is 3.10. The first-order valence-electron chi connectivity index (χ1n) is 9.04. The second kappa shape index (κ2) is 6.51. The van der Waals surface area contributed by atoms with E-state index < -0.39 is 35.7 Å². The molecule has 144 valence electrons. The number of halogens is 2. The number of ketones is 1. The Morgan fingerprint density at radius 2 is 1.86 bits per heavy atom. The van der Waals surface area contributed by atoms with Crippen LogP contribution in [0.15, 0.2) is 36.4 Å². The fraction of sp³-hybridized carbons (Fsp3) is 0.286. The van der Waals surface area contributed by atoms with Gasteiger partial charge in [0.2, 0.25) is 0 Å². The molecule has 7 heteroatoms. The number of nitrogens with one attached hydrogen (secondary N) is 1. The van der Waals surface area contributed by atoms with Crippen LogP contribution in [0.5, 0.6) is 0 Å². The van der Waals surface area contributed by atoms with E-state index in [0.717, 1.165) is 47.9 Å². The average molecular weight is 384 g/mol. The number of fused-ring (bicyclic) bond motifs is 1. The fourth-order valence-corrected chi connectivity index (χ4v) is 3.88. The van der Waals surface area contributed by atoms with Crippen LogP contribution in [0.4, 0.5) is 13.6 Å². The van der Waals surface area contributed by atoms with Gasteiger partial charge in [-0.3, -0.25) is 14.5 Å². The zero-order valence-electron chi connectivity index (χ0n) is 15.2. The van der Waals surface area contributed by atoms with E-state index in [-0.39, 0.29) is 11.3 Å². The molecule has 1 aliphatic carbocycles. The van der Waals surface area contributed by atoms with Gasteiger partial charge in [-0.2, -0.15) is 0 Å². The number of hydrogen-bond acceptors (Lipinski definition) is 3. The van der Waals surface area contributed by atoms with Crippen LogP contribution in [0.3, 0.4) is 0 Å². The lowest BCUT2D eigenvalue weighted by atomic mass is 9.91. The van der Waals surface area contributed by atoms with Gasteiger partial charge >= 0.3 is 6.03 Å². The largest absolute Gasteiger partial charge is 0.325 e. The van der Waals surface area contributed by atoms with Crippen LogP contribution < -0.4 is 5.32 Å². The van der Waals surface area contributed by atoms with Gasteiger partial charge in [-0.1, -0.05) is 12.1 Å². The maximum Gasteiger partial charge on any atom is 0.325 e.